The van der Waals surface area contributed by atoms with Gasteiger partial charge in [-0.3, -0.25) is 4.79 Å². The average molecular weight is 414 g/mol. The van der Waals surface area contributed by atoms with Crippen molar-refractivity contribution in [2.75, 3.05) is 19.8 Å². The summed E-state index contributed by atoms with van der Waals surface area (Å²) in [5, 5.41) is 3.66. The van der Waals surface area contributed by atoms with Gasteiger partial charge in [0.1, 0.15) is 0 Å². The largest absolute Gasteiger partial charge is 0.375 e. The molecular formula is C13H14Cl2INO2. The number of hydrogen-bond acceptors (Lipinski definition) is 2. The van der Waals surface area contributed by atoms with Gasteiger partial charge < -0.3 is 10.1 Å². The lowest BCUT2D eigenvalue weighted by molar-refractivity contribution is 0.0926. The van der Waals surface area contributed by atoms with Crippen molar-refractivity contribution >= 4 is 51.7 Å². The summed E-state index contributed by atoms with van der Waals surface area (Å²) in [4.78, 5) is 12.0. The van der Waals surface area contributed by atoms with Crippen molar-refractivity contribution in [3.63, 3.8) is 0 Å². The number of carbonyl (C=O) groups is 1. The van der Waals surface area contributed by atoms with Gasteiger partial charge in [0.15, 0.2) is 0 Å². The normalized spacial score (nSPS) is 10.3. The molecule has 1 rings (SSSR count). The fourth-order valence-electron chi connectivity index (χ4n) is 1.30. The number of amides is 1. The maximum absolute atomic E-state index is 12.0. The van der Waals surface area contributed by atoms with E-state index in [0.717, 1.165) is 5.57 Å². The van der Waals surface area contributed by atoms with Gasteiger partial charge in [0.2, 0.25) is 0 Å². The zero-order valence-electron chi connectivity index (χ0n) is 10.4. The first-order chi connectivity index (χ1) is 8.91. The SMILES string of the molecule is C=C(C)COCCNC(=O)c1cc(Cl)cc(Cl)c1I. The van der Waals surface area contributed by atoms with E-state index in [0.29, 0.717) is 38.9 Å². The average Bonchev–Trinajstić information content (AvgIpc) is 2.32. The molecule has 1 amide bonds. The van der Waals surface area contributed by atoms with Gasteiger partial charge in [0.05, 0.1) is 23.8 Å². The molecular weight excluding hydrogens is 400 g/mol. The van der Waals surface area contributed by atoms with Crippen LogP contribution in [0.5, 0.6) is 0 Å². The minimum Gasteiger partial charge on any atom is -0.375 e. The van der Waals surface area contributed by atoms with Crippen LogP contribution in [0.4, 0.5) is 0 Å². The van der Waals surface area contributed by atoms with Gasteiger partial charge in [-0.25, -0.2) is 0 Å². The van der Waals surface area contributed by atoms with Crippen LogP contribution >= 0.6 is 45.8 Å². The predicted octanol–water partition coefficient (Wildman–Crippen LogP) is 3.92. The Morgan fingerprint density at radius 3 is 2.79 bits per heavy atom. The highest BCUT2D eigenvalue weighted by molar-refractivity contribution is 14.1. The lowest BCUT2D eigenvalue weighted by Gasteiger charge is -2.09. The first-order valence-electron chi connectivity index (χ1n) is 5.56. The molecule has 1 aromatic rings. The van der Waals surface area contributed by atoms with Crippen LogP contribution in [0, 0.1) is 3.57 Å². The van der Waals surface area contributed by atoms with Gasteiger partial charge in [-0.15, -0.1) is 0 Å². The zero-order valence-corrected chi connectivity index (χ0v) is 14.1. The summed E-state index contributed by atoms with van der Waals surface area (Å²) in [6.45, 7) is 6.96. The fourth-order valence-corrected chi connectivity index (χ4v) is 2.35. The molecule has 3 nitrogen and oxygen atoms in total. The summed E-state index contributed by atoms with van der Waals surface area (Å²) in [7, 11) is 0. The summed E-state index contributed by atoms with van der Waals surface area (Å²) < 4.78 is 5.98. The number of halogens is 3. The minimum absolute atomic E-state index is 0.215. The molecule has 1 aromatic carbocycles. The van der Waals surface area contributed by atoms with Crippen LogP contribution in [0.2, 0.25) is 10.0 Å². The molecule has 0 aliphatic heterocycles. The quantitative estimate of drug-likeness (QED) is 0.332. The van der Waals surface area contributed by atoms with Crippen molar-refractivity contribution in [2.24, 2.45) is 0 Å². The van der Waals surface area contributed by atoms with E-state index in [1.165, 1.54) is 0 Å². The Kier molecular flexibility index (Phi) is 7.13. The Hall–Kier alpha value is -0.300. The third kappa shape index (κ3) is 5.69. The Labute approximate surface area is 136 Å². The van der Waals surface area contributed by atoms with Gasteiger partial charge in [0.25, 0.3) is 5.91 Å². The van der Waals surface area contributed by atoms with Crippen LogP contribution < -0.4 is 5.32 Å². The molecule has 0 atom stereocenters. The first kappa shape index (κ1) is 16.8. The van der Waals surface area contributed by atoms with Crippen LogP contribution in [-0.4, -0.2) is 25.7 Å². The second-order valence-electron chi connectivity index (χ2n) is 4.01. The molecule has 104 valence electrons. The molecule has 0 bridgehead atoms. The molecule has 0 radical (unpaired) electrons. The highest BCUT2D eigenvalue weighted by Gasteiger charge is 2.13. The molecule has 0 saturated heterocycles. The van der Waals surface area contributed by atoms with Crippen LogP contribution in [0.25, 0.3) is 0 Å². The summed E-state index contributed by atoms with van der Waals surface area (Å²) in [6, 6.07) is 3.21. The molecule has 6 heteroatoms. The molecule has 0 fully saturated rings. The highest BCUT2D eigenvalue weighted by Crippen LogP contribution is 2.26. The summed E-state index contributed by atoms with van der Waals surface area (Å²) in [6.07, 6.45) is 0. The Balaban J connectivity index is 2.52. The Bertz CT molecular complexity index is 492. The maximum Gasteiger partial charge on any atom is 0.252 e. The standard InChI is InChI=1S/C13H14Cl2INO2/c1-8(2)7-19-4-3-17-13(18)10-5-9(14)6-11(15)12(10)16/h5-6H,1,3-4,7H2,2H3,(H,17,18). The lowest BCUT2D eigenvalue weighted by atomic mass is 10.2. The number of ether oxygens (including phenoxy) is 1. The number of rotatable bonds is 6. The van der Waals surface area contributed by atoms with Gasteiger partial charge in [0, 0.05) is 15.1 Å². The van der Waals surface area contributed by atoms with Crippen molar-refractivity contribution in [2.45, 2.75) is 6.92 Å². The van der Waals surface area contributed by atoms with Gasteiger partial charge in [-0.2, -0.15) is 0 Å². The van der Waals surface area contributed by atoms with Crippen molar-refractivity contribution in [3.8, 4) is 0 Å². The van der Waals surface area contributed by atoms with Crippen molar-refractivity contribution in [1.82, 2.24) is 5.32 Å². The molecule has 19 heavy (non-hydrogen) atoms. The second kappa shape index (κ2) is 8.09. The molecule has 0 spiro atoms. The maximum atomic E-state index is 12.0. The minimum atomic E-state index is -0.215. The number of nitrogens with one attached hydrogen (secondary N) is 1. The van der Waals surface area contributed by atoms with E-state index in [9.17, 15) is 4.79 Å². The van der Waals surface area contributed by atoms with Crippen LogP contribution in [0.3, 0.4) is 0 Å². The number of hydrogen-bond donors (Lipinski definition) is 1. The topological polar surface area (TPSA) is 38.3 Å². The van der Waals surface area contributed by atoms with Crippen LogP contribution in [-0.2, 0) is 4.74 Å². The zero-order chi connectivity index (χ0) is 14.4. The van der Waals surface area contributed by atoms with E-state index in [-0.39, 0.29) is 5.91 Å². The molecule has 0 saturated carbocycles. The second-order valence-corrected chi connectivity index (χ2v) is 5.94. The third-order valence-corrected chi connectivity index (χ3v) is 4.12. The van der Waals surface area contributed by atoms with Crippen molar-refractivity contribution in [1.29, 1.82) is 0 Å². The molecule has 0 unspecified atom stereocenters. The first-order valence-corrected chi connectivity index (χ1v) is 7.40. The molecule has 0 aliphatic rings. The fraction of sp³-hybridized carbons (Fsp3) is 0.308. The summed E-state index contributed by atoms with van der Waals surface area (Å²) in [5.41, 5.74) is 1.42. The lowest BCUT2D eigenvalue weighted by Crippen LogP contribution is -2.28. The van der Waals surface area contributed by atoms with E-state index in [2.05, 4.69) is 11.9 Å². The van der Waals surface area contributed by atoms with Crippen LogP contribution in [0.15, 0.2) is 24.3 Å². The van der Waals surface area contributed by atoms with E-state index in [1.54, 1.807) is 12.1 Å². The van der Waals surface area contributed by atoms with Gasteiger partial charge >= 0.3 is 0 Å². The summed E-state index contributed by atoms with van der Waals surface area (Å²) in [5.74, 6) is -0.215. The molecule has 0 heterocycles. The smallest absolute Gasteiger partial charge is 0.252 e. The van der Waals surface area contributed by atoms with E-state index >= 15 is 0 Å². The number of benzene rings is 1. The Morgan fingerprint density at radius 2 is 2.16 bits per heavy atom. The van der Waals surface area contributed by atoms with E-state index < -0.39 is 0 Å². The van der Waals surface area contributed by atoms with Crippen molar-refractivity contribution < 1.29 is 9.53 Å². The van der Waals surface area contributed by atoms with Crippen LogP contribution in [0.1, 0.15) is 17.3 Å². The molecule has 0 aliphatic carbocycles. The van der Waals surface area contributed by atoms with Gasteiger partial charge in [-0.05, 0) is 41.6 Å². The predicted molar refractivity (Wildman–Crippen MR) is 87.1 cm³/mol. The van der Waals surface area contributed by atoms with E-state index in [1.807, 2.05) is 29.5 Å². The summed E-state index contributed by atoms with van der Waals surface area (Å²) >= 11 is 13.9. The Morgan fingerprint density at radius 1 is 1.47 bits per heavy atom. The monoisotopic (exact) mass is 413 g/mol. The highest BCUT2D eigenvalue weighted by atomic mass is 127. The number of carbonyl (C=O) groups excluding carboxylic acids is 1. The molecule has 0 aromatic heterocycles. The third-order valence-electron chi connectivity index (χ3n) is 2.12. The molecule has 1 N–H and O–H groups in total. The van der Waals surface area contributed by atoms with Gasteiger partial charge in [-0.1, -0.05) is 35.4 Å². The van der Waals surface area contributed by atoms with Crippen molar-refractivity contribution in [3.05, 3.63) is 43.5 Å². The van der Waals surface area contributed by atoms with E-state index in [4.69, 9.17) is 27.9 Å².